The monoisotopic (exact) mass is 680 g/mol. The van der Waals surface area contributed by atoms with Crippen LogP contribution >= 0.6 is 11.3 Å². The highest BCUT2D eigenvalue weighted by Crippen LogP contribution is 2.46. The van der Waals surface area contributed by atoms with E-state index in [-0.39, 0.29) is 0 Å². The molecule has 0 atom stereocenters. The Kier molecular flexibility index (Phi) is 5.65. The zero-order valence-electron chi connectivity index (χ0n) is 27.9. The highest BCUT2D eigenvalue weighted by molar-refractivity contribution is 7.26. The Balaban J connectivity index is 1.21. The van der Waals surface area contributed by atoms with E-state index in [9.17, 15) is 0 Å². The molecule has 12 aromatic rings. The lowest BCUT2D eigenvalue weighted by Crippen LogP contribution is -1.98. The number of rotatable bonds is 3. The van der Waals surface area contributed by atoms with Crippen LogP contribution in [0, 0.1) is 0 Å². The van der Waals surface area contributed by atoms with E-state index in [0.717, 1.165) is 27.9 Å². The van der Waals surface area contributed by atoms with E-state index in [2.05, 4.69) is 173 Å². The summed E-state index contributed by atoms with van der Waals surface area (Å²) in [6.45, 7) is 0. The Morgan fingerprint density at radius 3 is 1.71 bits per heavy atom. The molecule has 0 bridgehead atoms. The molecule has 0 aliphatic carbocycles. The number of fused-ring (bicyclic) bond motifs is 13. The van der Waals surface area contributed by atoms with Gasteiger partial charge < -0.3 is 13.6 Å². The predicted octanol–water partition coefficient (Wildman–Crippen LogP) is 13.8. The van der Waals surface area contributed by atoms with Crippen LogP contribution in [-0.2, 0) is 0 Å². The Bertz CT molecular complexity index is 3410. The van der Waals surface area contributed by atoms with E-state index >= 15 is 0 Å². The highest BCUT2D eigenvalue weighted by atomic mass is 32.1. The second-order valence-corrected chi connectivity index (χ2v) is 14.7. The first kappa shape index (κ1) is 28.1. The molecule has 0 unspecified atom stereocenters. The first-order valence-electron chi connectivity index (χ1n) is 17.7. The molecule has 4 heteroatoms. The van der Waals surface area contributed by atoms with Gasteiger partial charge >= 0.3 is 0 Å². The van der Waals surface area contributed by atoms with Crippen molar-refractivity contribution < 1.29 is 4.42 Å². The van der Waals surface area contributed by atoms with Crippen molar-refractivity contribution in [1.82, 2.24) is 9.13 Å². The van der Waals surface area contributed by atoms with Gasteiger partial charge in [-0.1, -0.05) is 109 Å². The number of hydrogen-bond donors (Lipinski definition) is 0. The molecule has 242 valence electrons. The second kappa shape index (κ2) is 10.5. The van der Waals surface area contributed by atoms with Crippen molar-refractivity contribution in [3.8, 4) is 22.5 Å². The maximum absolute atomic E-state index is 6.34. The van der Waals surface area contributed by atoms with E-state index in [1.54, 1.807) is 0 Å². The van der Waals surface area contributed by atoms with Gasteiger partial charge in [-0.25, -0.2) is 0 Å². The zero-order valence-corrected chi connectivity index (χ0v) is 28.7. The van der Waals surface area contributed by atoms with E-state index in [1.165, 1.54) is 80.3 Å². The van der Waals surface area contributed by atoms with Gasteiger partial charge in [-0.2, -0.15) is 0 Å². The molecule has 8 aromatic carbocycles. The van der Waals surface area contributed by atoms with Crippen LogP contribution in [0.2, 0.25) is 0 Å². The summed E-state index contributed by atoms with van der Waals surface area (Å²) in [5.41, 5.74) is 11.4. The number of aromatic nitrogens is 2. The molecule has 0 aliphatic rings. The summed E-state index contributed by atoms with van der Waals surface area (Å²) in [5.74, 6) is 0. The third-order valence-corrected chi connectivity index (χ3v) is 12.0. The van der Waals surface area contributed by atoms with Crippen molar-refractivity contribution in [2.45, 2.75) is 0 Å². The van der Waals surface area contributed by atoms with Crippen LogP contribution in [0.25, 0.3) is 108 Å². The minimum atomic E-state index is 0.916. The third-order valence-electron chi connectivity index (χ3n) is 10.9. The van der Waals surface area contributed by atoms with E-state index in [0.29, 0.717) is 0 Å². The SMILES string of the molecule is c1ccc(-n2c3ccccc3c3ccc4c5ccccc5n(-c5ccc6sc7cccc(-c8cccc9oc%10ccccc%10c89)c7c6c5)c4c32)cc1. The maximum atomic E-state index is 6.34. The summed E-state index contributed by atoms with van der Waals surface area (Å²) >= 11 is 1.86. The van der Waals surface area contributed by atoms with Crippen molar-refractivity contribution in [3.05, 3.63) is 170 Å². The van der Waals surface area contributed by atoms with Crippen molar-refractivity contribution in [2.24, 2.45) is 0 Å². The van der Waals surface area contributed by atoms with Gasteiger partial charge in [0.1, 0.15) is 11.2 Å². The molecule has 3 nitrogen and oxygen atoms in total. The molecule has 0 radical (unpaired) electrons. The zero-order chi connectivity index (χ0) is 33.9. The fourth-order valence-corrected chi connectivity index (χ4v) is 9.90. The van der Waals surface area contributed by atoms with Crippen LogP contribution in [0.4, 0.5) is 0 Å². The molecule has 0 amide bonds. The number of para-hydroxylation sites is 4. The van der Waals surface area contributed by atoms with Crippen LogP contribution in [0.15, 0.2) is 174 Å². The summed E-state index contributed by atoms with van der Waals surface area (Å²) in [5, 5.41) is 9.86. The topological polar surface area (TPSA) is 23.0 Å². The molecular formula is C48H28N2OS. The van der Waals surface area contributed by atoms with E-state index in [1.807, 2.05) is 17.4 Å². The average molecular weight is 681 g/mol. The molecule has 4 heterocycles. The van der Waals surface area contributed by atoms with Crippen LogP contribution in [0.5, 0.6) is 0 Å². The largest absolute Gasteiger partial charge is 0.456 e. The lowest BCUT2D eigenvalue weighted by Gasteiger charge is -2.13. The minimum Gasteiger partial charge on any atom is -0.456 e. The van der Waals surface area contributed by atoms with Crippen molar-refractivity contribution in [1.29, 1.82) is 0 Å². The smallest absolute Gasteiger partial charge is 0.136 e. The van der Waals surface area contributed by atoms with Crippen LogP contribution in [0.3, 0.4) is 0 Å². The molecule has 0 N–H and O–H groups in total. The van der Waals surface area contributed by atoms with Gasteiger partial charge in [0.05, 0.1) is 22.1 Å². The molecule has 0 aliphatic heterocycles. The number of nitrogens with zero attached hydrogens (tertiary/aromatic N) is 2. The second-order valence-electron chi connectivity index (χ2n) is 13.6. The Morgan fingerprint density at radius 2 is 0.962 bits per heavy atom. The number of thiophene rings is 1. The Hall–Kier alpha value is -6.62. The number of hydrogen-bond acceptors (Lipinski definition) is 2. The molecule has 0 saturated carbocycles. The van der Waals surface area contributed by atoms with Crippen LogP contribution in [-0.4, -0.2) is 9.13 Å². The van der Waals surface area contributed by atoms with Gasteiger partial charge in [0.25, 0.3) is 0 Å². The lowest BCUT2D eigenvalue weighted by molar-refractivity contribution is 0.669. The molecule has 4 aromatic heterocycles. The molecule has 0 fully saturated rings. The highest BCUT2D eigenvalue weighted by Gasteiger charge is 2.22. The Morgan fingerprint density at radius 1 is 0.365 bits per heavy atom. The first-order chi connectivity index (χ1) is 25.8. The molecule has 0 spiro atoms. The standard InChI is InChI=1S/C48H28N2OS/c1-2-12-29(13-3-1)49-39-19-7-4-14-31(39)35-25-26-36-32-15-5-8-20-40(32)50(48(36)47(35)49)30-24-27-43-38(28-30)46-34(18-11-23-44(46)52-43)33-17-10-22-42-45(33)37-16-6-9-21-41(37)51-42/h1-28H. The summed E-state index contributed by atoms with van der Waals surface area (Å²) in [6, 6.07) is 61.7. The number of furan rings is 1. The van der Waals surface area contributed by atoms with E-state index in [4.69, 9.17) is 4.42 Å². The summed E-state index contributed by atoms with van der Waals surface area (Å²) in [7, 11) is 0. The normalized spacial score (nSPS) is 12.2. The fourth-order valence-electron chi connectivity index (χ4n) is 8.79. The third kappa shape index (κ3) is 3.74. The van der Waals surface area contributed by atoms with Gasteiger partial charge in [0.15, 0.2) is 0 Å². The quantitative estimate of drug-likeness (QED) is 0.182. The molecular weight excluding hydrogens is 653 g/mol. The minimum absolute atomic E-state index is 0.916. The van der Waals surface area contributed by atoms with Crippen LogP contribution < -0.4 is 0 Å². The van der Waals surface area contributed by atoms with Crippen LogP contribution in [0.1, 0.15) is 0 Å². The van der Waals surface area contributed by atoms with Crippen molar-refractivity contribution >= 4 is 97.1 Å². The van der Waals surface area contributed by atoms with Crippen molar-refractivity contribution in [3.63, 3.8) is 0 Å². The Labute approximate surface area is 301 Å². The molecule has 52 heavy (non-hydrogen) atoms. The number of benzene rings is 8. The lowest BCUT2D eigenvalue weighted by atomic mass is 9.95. The summed E-state index contributed by atoms with van der Waals surface area (Å²) < 4.78 is 13.9. The van der Waals surface area contributed by atoms with Gasteiger partial charge in [-0.15, -0.1) is 11.3 Å². The van der Waals surface area contributed by atoms with Gasteiger partial charge in [-0.05, 0) is 71.8 Å². The summed E-state index contributed by atoms with van der Waals surface area (Å²) in [6.07, 6.45) is 0. The average Bonchev–Trinajstić information content (AvgIpc) is 3.95. The van der Waals surface area contributed by atoms with Crippen molar-refractivity contribution in [2.75, 3.05) is 0 Å². The van der Waals surface area contributed by atoms with E-state index < -0.39 is 0 Å². The summed E-state index contributed by atoms with van der Waals surface area (Å²) in [4.78, 5) is 0. The maximum Gasteiger partial charge on any atom is 0.136 e. The molecule has 12 rings (SSSR count). The van der Waals surface area contributed by atoms with Gasteiger partial charge in [0, 0.05) is 63.9 Å². The van der Waals surface area contributed by atoms with Gasteiger partial charge in [-0.3, -0.25) is 0 Å². The molecule has 0 saturated heterocycles. The first-order valence-corrected chi connectivity index (χ1v) is 18.5. The predicted molar refractivity (Wildman–Crippen MR) is 221 cm³/mol. The van der Waals surface area contributed by atoms with Gasteiger partial charge in [0.2, 0.25) is 0 Å². The fraction of sp³-hybridized carbons (Fsp3) is 0.